The van der Waals surface area contributed by atoms with Crippen molar-refractivity contribution in [2.75, 3.05) is 0 Å². The molecule has 0 spiro atoms. The largest absolute Gasteiger partial charge is 0.476 e. The minimum Gasteiger partial charge on any atom is -0.476 e. The molecule has 1 aromatic heterocycles. The number of nitrogens with zero attached hydrogens (tertiary/aromatic N) is 2. The Morgan fingerprint density at radius 1 is 1.21 bits per heavy atom. The molecule has 4 heteroatoms. The summed E-state index contributed by atoms with van der Waals surface area (Å²) >= 11 is 0. The van der Waals surface area contributed by atoms with Crippen molar-refractivity contribution in [3.63, 3.8) is 0 Å². The van der Waals surface area contributed by atoms with Crippen LogP contribution in [-0.2, 0) is 0 Å². The van der Waals surface area contributed by atoms with E-state index < -0.39 is 5.97 Å². The summed E-state index contributed by atoms with van der Waals surface area (Å²) in [5.74, 6) is 2.43. The Kier molecular flexibility index (Phi) is 2.32. The first-order chi connectivity index (χ1) is 9.11. The topological polar surface area (TPSA) is 55.1 Å². The van der Waals surface area contributed by atoms with E-state index in [0.717, 1.165) is 29.4 Å². The molecule has 0 amide bonds. The van der Waals surface area contributed by atoms with Gasteiger partial charge in [0.25, 0.3) is 0 Å². The Hall–Kier alpha value is -1.32. The van der Waals surface area contributed by atoms with Crippen LogP contribution in [-0.4, -0.2) is 20.9 Å². The van der Waals surface area contributed by atoms with E-state index in [1.54, 1.807) is 6.07 Å². The molecule has 0 unspecified atom stereocenters. The fraction of sp³-hybridized carbons (Fsp3) is 0.733. The van der Waals surface area contributed by atoms with Crippen LogP contribution in [0.5, 0.6) is 0 Å². The Bertz CT molecular complexity index is 506. The second-order valence-corrected chi connectivity index (χ2v) is 6.84. The Balaban J connectivity index is 1.71. The molecule has 0 aliphatic heterocycles. The number of hydrogen-bond acceptors (Lipinski definition) is 2. The van der Waals surface area contributed by atoms with Crippen LogP contribution in [0.3, 0.4) is 0 Å². The third-order valence-corrected chi connectivity index (χ3v) is 5.60. The summed E-state index contributed by atoms with van der Waals surface area (Å²) in [7, 11) is 0. The molecule has 4 aliphatic rings. The van der Waals surface area contributed by atoms with E-state index in [-0.39, 0.29) is 5.69 Å². The van der Waals surface area contributed by atoms with Crippen LogP contribution in [0.1, 0.15) is 54.3 Å². The first-order valence-corrected chi connectivity index (χ1v) is 7.41. The van der Waals surface area contributed by atoms with Crippen molar-refractivity contribution < 1.29 is 9.90 Å². The second kappa shape index (κ2) is 3.84. The lowest BCUT2D eigenvalue weighted by molar-refractivity contribution is -0.0345. The summed E-state index contributed by atoms with van der Waals surface area (Å²) in [5.41, 5.74) is 1.21. The molecule has 1 aromatic rings. The predicted molar refractivity (Wildman–Crippen MR) is 70.0 cm³/mol. The van der Waals surface area contributed by atoms with Crippen molar-refractivity contribution in [1.29, 1.82) is 0 Å². The van der Waals surface area contributed by atoms with Crippen LogP contribution >= 0.6 is 0 Å². The van der Waals surface area contributed by atoms with Crippen LogP contribution in [0, 0.1) is 30.6 Å². The van der Waals surface area contributed by atoms with Gasteiger partial charge in [-0.3, -0.25) is 4.68 Å². The summed E-state index contributed by atoms with van der Waals surface area (Å²) in [6.45, 7) is 1.99. The number of aromatic nitrogens is 2. The lowest BCUT2D eigenvalue weighted by Crippen LogP contribution is -2.46. The van der Waals surface area contributed by atoms with Crippen molar-refractivity contribution in [3.8, 4) is 0 Å². The molecule has 1 heterocycles. The summed E-state index contributed by atoms with van der Waals surface area (Å²) in [5, 5.41) is 13.5. The van der Waals surface area contributed by atoms with Gasteiger partial charge < -0.3 is 5.11 Å². The zero-order valence-electron chi connectivity index (χ0n) is 11.2. The van der Waals surface area contributed by atoms with Gasteiger partial charge in [0.1, 0.15) is 0 Å². The molecule has 102 valence electrons. The van der Waals surface area contributed by atoms with Crippen LogP contribution in [0.15, 0.2) is 6.07 Å². The van der Waals surface area contributed by atoms with E-state index in [1.165, 1.54) is 32.1 Å². The third kappa shape index (κ3) is 1.65. The van der Waals surface area contributed by atoms with E-state index in [2.05, 4.69) is 5.10 Å². The molecule has 0 saturated heterocycles. The first kappa shape index (κ1) is 11.5. The summed E-state index contributed by atoms with van der Waals surface area (Å²) in [4.78, 5) is 11.1. The van der Waals surface area contributed by atoms with E-state index in [4.69, 9.17) is 5.11 Å². The van der Waals surface area contributed by atoms with Crippen molar-refractivity contribution >= 4 is 5.97 Å². The molecular weight excluding hydrogens is 240 g/mol. The van der Waals surface area contributed by atoms with E-state index >= 15 is 0 Å². The smallest absolute Gasteiger partial charge is 0.356 e. The lowest BCUT2D eigenvalue weighted by Gasteiger charge is -2.54. The molecule has 19 heavy (non-hydrogen) atoms. The molecule has 1 N–H and O–H groups in total. The van der Waals surface area contributed by atoms with Crippen molar-refractivity contribution in [2.45, 2.75) is 45.1 Å². The highest BCUT2D eigenvalue weighted by Crippen LogP contribution is 2.58. The number of aromatic carboxylic acids is 1. The zero-order chi connectivity index (χ0) is 13.1. The number of rotatable bonds is 2. The maximum atomic E-state index is 11.1. The Labute approximate surface area is 112 Å². The Morgan fingerprint density at radius 3 is 2.26 bits per heavy atom. The van der Waals surface area contributed by atoms with Crippen LogP contribution in [0.4, 0.5) is 0 Å². The molecule has 4 fully saturated rings. The van der Waals surface area contributed by atoms with Crippen LogP contribution < -0.4 is 0 Å². The quantitative estimate of drug-likeness (QED) is 0.889. The molecule has 4 saturated carbocycles. The van der Waals surface area contributed by atoms with Crippen molar-refractivity contribution in [2.24, 2.45) is 23.7 Å². The minimum atomic E-state index is -0.911. The van der Waals surface area contributed by atoms with Gasteiger partial charge in [0.15, 0.2) is 5.69 Å². The summed E-state index contributed by atoms with van der Waals surface area (Å²) in [6, 6.07) is 2.17. The van der Waals surface area contributed by atoms with Gasteiger partial charge in [0.2, 0.25) is 0 Å². The maximum absolute atomic E-state index is 11.1. The van der Waals surface area contributed by atoms with Gasteiger partial charge in [-0.1, -0.05) is 0 Å². The van der Waals surface area contributed by atoms with Gasteiger partial charge in [-0.05, 0) is 68.8 Å². The molecular formula is C15H20N2O2. The fourth-order valence-corrected chi connectivity index (χ4v) is 5.19. The highest BCUT2D eigenvalue weighted by atomic mass is 16.4. The maximum Gasteiger partial charge on any atom is 0.356 e. The van der Waals surface area contributed by atoms with Gasteiger partial charge in [-0.25, -0.2) is 4.79 Å². The SMILES string of the molecule is Cc1cc(C(=O)O)nn1C1C2CC3CC(C2)CC1C3. The summed E-state index contributed by atoms with van der Waals surface area (Å²) in [6.07, 6.45) is 6.77. The molecule has 0 radical (unpaired) electrons. The second-order valence-electron chi connectivity index (χ2n) is 6.84. The number of carboxylic acid groups (broad SMARTS) is 1. The molecule has 5 rings (SSSR count). The monoisotopic (exact) mass is 260 g/mol. The van der Waals surface area contributed by atoms with Gasteiger partial charge in [0.05, 0.1) is 6.04 Å². The van der Waals surface area contributed by atoms with E-state index in [9.17, 15) is 4.79 Å². The normalized spacial score (nSPS) is 39.7. The number of carboxylic acids is 1. The Morgan fingerprint density at radius 2 is 1.79 bits per heavy atom. The lowest BCUT2D eigenvalue weighted by atomic mass is 9.54. The molecule has 4 aliphatic carbocycles. The van der Waals surface area contributed by atoms with Gasteiger partial charge in [0, 0.05) is 5.69 Å². The molecule has 4 bridgehead atoms. The average Bonchev–Trinajstić information content (AvgIpc) is 2.70. The van der Waals surface area contributed by atoms with E-state index in [1.807, 2.05) is 11.6 Å². The summed E-state index contributed by atoms with van der Waals surface area (Å²) < 4.78 is 2.04. The van der Waals surface area contributed by atoms with Crippen molar-refractivity contribution in [1.82, 2.24) is 9.78 Å². The fourth-order valence-electron chi connectivity index (χ4n) is 5.19. The third-order valence-electron chi connectivity index (χ3n) is 5.60. The van der Waals surface area contributed by atoms with Crippen LogP contribution in [0.25, 0.3) is 0 Å². The van der Waals surface area contributed by atoms with Gasteiger partial charge >= 0.3 is 5.97 Å². The predicted octanol–water partition coefficient (Wildman–Crippen LogP) is 2.89. The number of carbonyl (C=O) groups is 1. The van der Waals surface area contributed by atoms with E-state index in [0.29, 0.717) is 6.04 Å². The molecule has 0 atom stereocenters. The minimum absolute atomic E-state index is 0.200. The standard InChI is InChI=1S/C15H20N2O2/c1-8-2-13(15(18)19)16-17(8)14-11-4-9-3-10(6-11)7-12(14)5-9/h2,9-12,14H,3-7H2,1H3,(H,18,19). The van der Waals surface area contributed by atoms with Gasteiger partial charge in [-0.2, -0.15) is 5.10 Å². The molecule has 0 aromatic carbocycles. The van der Waals surface area contributed by atoms with Gasteiger partial charge in [-0.15, -0.1) is 0 Å². The highest BCUT2D eigenvalue weighted by Gasteiger charge is 2.49. The highest BCUT2D eigenvalue weighted by molar-refractivity contribution is 5.85. The number of hydrogen-bond donors (Lipinski definition) is 1. The average molecular weight is 260 g/mol. The van der Waals surface area contributed by atoms with Crippen LogP contribution in [0.2, 0.25) is 0 Å². The first-order valence-electron chi connectivity index (χ1n) is 7.41. The zero-order valence-corrected chi connectivity index (χ0v) is 11.2. The number of aryl methyl sites for hydroxylation is 1. The van der Waals surface area contributed by atoms with Crippen molar-refractivity contribution in [3.05, 3.63) is 17.5 Å². The molecule has 4 nitrogen and oxygen atoms in total.